The number of aryl methyl sites for hydroxylation is 1. The molecule has 0 radical (unpaired) electrons. The average Bonchev–Trinajstić information content (AvgIpc) is 0.779. The second kappa shape index (κ2) is 51.3. The van der Waals surface area contributed by atoms with Gasteiger partial charge in [0.05, 0.1) is 36.0 Å². The maximum atomic E-state index is 14.8. The van der Waals surface area contributed by atoms with Crippen molar-refractivity contribution in [3.63, 3.8) is 0 Å². The van der Waals surface area contributed by atoms with E-state index in [0.29, 0.717) is 45.3 Å². The van der Waals surface area contributed by atoms with E-state index in [1.54, 1.807) is 85.7 Å². The summed E-state index contributed by atoms with van der Waals surface area (Å²) in [7, 11) is 1.50. The van der Waals surface area contributed by atoms with Gasteiger partial charge in [-0.3, -0.25) is 24.0 Å². The van der Waals surface area contributed by atoms with Gasteiger partial charge in [-0.15, -0.1) is 0 Å². The Balaban J connectivity index is -0.00000108. The quantitative estimate of drug-likeness (QED) is 0.0170. The Morgan fingerprint density at radius 2 is 1.23 bits per heavy atom. The molecular weight excluding hydrogens is 1550 g/mol. The number of alkyl carbamates (subject to hydrolysis) is 3. The summed E-state index contributed by atoms with van der Waals surface area (Å²) in [6.07, 6.45) is 0.779. The molecule has 0 spiro atoms. The molecule has 1 aromatic heterocycles. The minimum atomic E-state index is -1.25. The third-order valence-corrected chi connectivity index (χ3v) is 16.2. The number of aromatic nitrogens is 2. The van der Waals surface area contributed by atoms with Gasteiger partial charge in [0.15, 0.2) is 23.2 Å². The van der Waals surface area contributed by atoms with Crippen LogP contribution in [-0.4, -0.2) is 159 Å². The Kier molecular flexibility index (Phi) is 51.3. The summed E-state index contributed by atoms with van der Waals surface area (Å²) in [6, 6.07) is 17.6. The number of Topliss-reactive ketones (excluding diaryl/α,β-unsaturated/α-hetero) is 3. The number of carbonyl (C=O) groups excluding carboxylic acids is 8. The van der Waals surface area contributed by atoms with Gasteiger partial charge in [-0.1, -0.05) is 94.4 Å². The fourth-order valence-electron chi connectivity index (χ4n) is 9.79. The van der Waals surface area contributed by atoms with Gasteiger partial charge in [-0.25, -0.2) is 24.4 Å². The number of alkyl halides is 1. The minimum Gasteiger partial charge on any atom is -1.00 e. The summed E-state index contributed by atoms with van der Waals surface area (Å²) in [5.74, 6) is -2.75. The van der Waals surface area contributed by atoms with Crippen molar-refractivity contribution >= 4 is 90.4 Å². The number of hydrogen-bond acceptors (Lipinski definition) is 20. The Morgan fingerprint density at radius 3 is 1.67 bits per heavy atom. The fourth-order valence-corrected chi connectivity index (χ4v) is 9.95. The maximum Gasteiger partial charge on any atom is 1.00 e. The molecule has 4 aromatic rings. The van der Waals surface area contributed by atoms with Crippen LogP contribution in [0.5, 0.6) is 11.5 Å². The van der Waals surface area contributed by atoms with Gasteiger partial charge < -0.3 is 89.1 Å². The number of hydrogen-bond donors (Lipinski definition) is 8. The fraction of sp³-hybridized carbons (Fsp3) is 0.603. The molecule has 1 aliphatic rings. The van der Waals surface area contributed by atoms with Crippen LogP contribution in [0, 0.1) is 30.1 Å². The molecule has 11 N–H and O–H groups in total. The number of amides is 5. The Hall–Kier alpha value is -6.31. The Labute approximate surface area is 688 Å². The topological polar surface area (TPSA) is 382 Å². The van der Waals surface area contributed by atoms with Crippen molar-refractivity contribution in [2.45, 2.75) is 255 Å². The van der Waals surface area contributed by atoms with Gasteiger partial charge in [0.1, 0.15) is 47.6 Å². The number of likely N-dealkylation sites (N-methyl/N-ethyl adjacent to an activating group) is 1. The third kappa shape index (κ3) is 40.6. The van der Waals surface area contributed by atoms with Gasteiger partial charge in [-0.05, 0) is 176 Å². The number of carbonyl (C=O) groups is 8. The number of ketones is 3. The Bertz CT molecular complexity index is 3400. The summed E-state index contributed by atoms with van der Waals surface area (Å²) >= 11 is 3.25. The molecule has 0 aliphatic carbocycles. The van der Waals surface area contributed by atoms with E-state index in [2.05, 4.69) is 67.9 Å². The summed E-state index contributed by atoms with van der Waals surface area (Å²) < 4.78 is 27.6. The minimum absolute atomic E-state index is 0. The molecule has 3 aromatic carbocycles. The molecular formula is C78H126Br2LiN11O14S2. The zero-order valence-electron chi connectivity index (χ0n) is 67.1. The number of rotatable bonds is 23. The van der Waals surface area contributed by atoms with Crippen LogP contribution in [0.15, 0.2) is 66.9 Å². The molecule has 0 fully saturated rings. The van der Waals surface area contributed by atoms with E-state index < -0.39 is 64.4 Å². The van der Waals surface area contributed by atoms with Crippen LogP contribution in [0.25, 0.3) is 22.5 Å². The number of benzene rings is 3. The number of ether oxygens (including phenoxy) is 5. The molecule has 2 heterocycles. The number of nitrogens with two attached hydrogens (primary N) is 3. The standard InChI is InChI=1S/C52H66N8O7.C9H19NO2.C8H16BrNO2.C8H17NO3.CH4.BrH.Li.2H2S/c1-30-22-45(63)48(60(8)51(65)37(19-21-54)26-44(62)41-27-57-49(58-33(41)4)35-12-15-38(16-13-35)52(5,6)7)36-14-18-47(67-29-32(3)56)40(25-36)39-23-34(11-17-46(39)66-28-31(2)55)24-42(59-50(30)64)43(61)10-9-20-53;1-6-7(2)10-8(11)12-9(3,4)5;1-6(5-9)10-7(11)12-8(2,3)4;1-6(5-10)9-7(11)12-8(2,3)4;;;;;/h11-18,23,25,27,30-32,37,42,48H,9-10,19,21-22,24,26,28-29,54-56H2,1-8H3,(H,59,64);7H,6H2,1-5H3,(H,10,11);6H,5H2,1-4H3,(H,10,11);6,10H,5H2,1-4H3,(H,9,11);1H4;1H;;2*1H2/q;;;;;;+1;;/p-1/t30-,31+,32+,37-,42+,48+;7-;2*6-;;;;;/m1000...../s1. The van der Waals surface area contributed by atoms with Crippen LogP contribution in [-0.2, 0) is 45.2 Å². The molecule has 1 aliphatic heterocycles. The predicted molar refractivity (Wildman–Crippen MR) is 432 cm³/mol. The summed E-state index contributed by atoms with van der Waals surface area (Å²) in [5, 5.41) is 29.3. The van der Waals surface area contributed by atoms with E-state index in [1.807, 2.05) is 98.7 Å². The second-order valence-corrected chi connectivity index (χ2v) is 30.9. The smallest absolute Gasteiger partial charge is 1.00 e. The number of nitrogens with zero attached hydrogens (tertiary/aromatic N) is 4. The van der Waals surface area contributed by atoms with E-state index in [4.69, 9.17) is 46.0 Å². The molecule has 30 heteroatoms. The maximum absolute atomic E-state index is 14.8. The predicted octanol–water partition coefficient (Wildman–Crippen LogP) is 6.48. The molecule has 0 saturated heterocycles. The van der Waals surface area contributed by atoms with Gasteiger partial charge in [0.25, 0.3) is 0 Å². The van der Waals surface area contributed by atoms with Crippen molar-refractivity contribution in [1.82, 2.24) is 36.1 Å². The Morgan fingerprint density at radius 1 is 0.750 bits per heavy atom. The van der Waals surface area contributed by atoms with Crippen molar-refractivity contribution in [3.05, 3.63) is 94.8 Å². The van der Waals surface area contributed by atoms with Crippen molar-refractivity contribution in [2.75, 3.05) is 38.7 Å². The van der Waals surface area contributed by atoms with E-state index in [1.165, 1.54) is 18.1 Å². The molecule has 0 unspecified atom stereocenters. The number of aliphatic hydroxyl groups is 1. The van der Waals surface area contributed by atoms with E-state index in [9.17, 15) is 43.6 Å². The third-order valence-electron chi connectivity index (χ3n) is 15.3. The van der Waals surface area contributed by atoms with Crippen molar-refractivity contribution in [3.8, 4) is 40.1 Å². The molecule has 108 heavy (non-hydrogen) atoms. The number of fused-ring (bicyclic) bond motifs is 5. The second-order valence-electron chi connectivity index (χ2n) is 30.3. The molecule has 5 rings (SSSR count). The van der Waals surface area contributed by atoms with Crippen LogP contribution < -0.4 is 83.8 Å². The van der Waals surface area contributed by atoms with Crippen molar-refractivity contribution < 1.29 is 103 Å². The zero-order valence-corrected chi connectivity index (χ0v) is 72.2. The van der Waals surface area contributed by atoms with E-state index >= 15 is 0 Å². The normalized spacial score (nSPS) is 15.6. The summed E-state index contributed by atoms with van der Waals surface area (Å²) in [5.41, 5.74) is 21.8. The van der Waals surface area contributed by atoms with Gasteiger partial charge in [0, 0.05) is 97.0 Å². The van der Waals surface area contributed by atoms with Gasteiger partial charge >= 0.3 is 37.1 Å². The van der Waals surface area contributed by atoms with Gasteiger partial charge in [-0.2, -0.15) is 32.3 Å². The van der Waals surface area contributed by atoms with Crippen LogP contribution in [0.3, 0.4) is 0 Å². The van der Waals surface area contributed by atoms with Crippen LogP contribution in [0.4, 0.5) is 14.4 Å². The molecule has 604 valence electrons. The van der Waals surface area contributed by atoms with Crippen LogP contribution >= 0.6 is 42.9 Å². The molecule has 4 bridgehead atoms. The van der Waals surface area contributed by atoms with Crippen LogP contribution in [0.1, 0.15) is 216 Å². The first kappa shape index (κ1) is 108. The number of nitriles is 1. The average molecular weight is 1670 g/mol. The molecule has 9 atom stereocenters. The van der Waals surface area contributed by atoms with E-state index in [-0.39, 0.29) is 200 Å². The van der Waals surface area contributed by atoms with Crippen molar-refractivity contribution in [2.24, 2.45) is 29.0 Å². The number of nitrogens with one attached hydrogen (secondary N) is 4. The first-order chi connectivity index (χ1) is 47.8. The monoisotopic (exact) mass is 1670 g/mol. The van der Waals surface area contributed by atoms with Gasteiger partial charge in [0.2, 0.25) is 11.8 Å². The SMILES string of the molecule is C.CC[C@H](C)NC(=O)OC(C)(C)C.C[C@@H](CBr)NC(=O)OC(C)(C)C.C[C@@H](CO)NC(=O)OC(C)(C)C.Cc1nc(-c2ccc(C(C)(C)C)cc2)ncc1C(=O)C[C@@H](CCN)C(=O)N(C)[C@@H]1C(=O)C[C@@H](C)C(=O)N[C@H](C(=O)CCC#N)Cc2ccc(OC[C@H](C)N)c(c2)-c2cc1ccc2OC[C@H](C)N.S.S.[Br-].[Li+]. The van der Waals surface area contributed by atoms with E-state index in [0.717, 1.165) is 22.9 Å². The summed E-state index contributed by atoms with van der Waals surface area (Å²) in [6.45, 7) is 37.6. The van der Waals surface area contributed by atoms with Crippen LogP contribution in [0.2, 0.25) is 0 Å². The molecule has 25 nitrogen and oxygen atoms in total. The number of halogens is 2. The first-order valence-corrected chi connectivity index (χ1v) is 36.3. The largest absolute Gasteiger partial charge is 1.00 e. The summed E-state index contributed by atoms with van der Waals surface area (Å²) in [4.78, 5) is 115. The van der Waals surface area contributed by atoms with Crippen molar-refractivity contribution in [1.29, 1.82) is 5.26 Å². The molecule has 0 saturated carbocycles. The molecule has 5 amide bonds. The number of aliphatic hydroxyl groups excluding tert-OH is 1. The zero-order chi connectivity index (χ0) is 78.5. The first-order valence-electron chi connectivity index (χ1n) is 35.1.